The average Bonchev–Trinajstić information content (AvgIpc) is 3.47. The van der Waals surface area contributed by atoms with Crippen LogP contribution in [0.15, 0.2) is 48.6 Å². The summed E-state index contributed by atoms with van der Waals surface area (Å²) in [5.74, 6) is -0.189. The zero-order chi connectivity index (χ0) is 59.5. The van der Waals surface area contributed by atoms with Crippen molar-refractivity contribution in [3.05, 3.63) is 48.6 Å². The van der Waals surface area contributed by atoms with E-state index in [1.54, 1.807) is 6.08 Å². The summed E-state index contributed by atoms with van der Waals surface area (Å²) in [5.41, 5.74) is 0. The lowest BCUT2D eigenvalue weighted by molar-refractivity contribution is -0.302. The molecule has 1 aliphatic rings. The molecule has 0 radical (unpaired) electrons. The fourth-order valence-corrected chi connectivity index (χ4v) is 11.0. The highest BCUT2D eigenvalue weighted by Gasteiger charge is 2.44. The van der Waals surface area contributed by atoms with Gasteiger partial charge in [-0.05, 0) is 77.6 Å². The minimum absolute atomic E-state index is 0.0102. The molecule has 480 valence electrons. The second-order valence-electron chi connectivity index (χ2n) is 24.2. The Morgan fingerprint density at radius 3 is 1.28 bits per heavy atom. The summed E-state index contributed by atoms with van der Waals surface area (Å²) >= 11 is 0. The van der Waals surface area contributed by atoms with E-state index in [-0.39, 0.29) is 18.5 Å². The van der Waals surface area contributed by atoms with Crippen LogP contribution in [0.25, 0.3) is 0 Å². The quantitative estimate of drug-likeness (QED) is 0.0195. The van der Waals surface area contributed by atoms with Gasteiger partial charge in [0.1, 0.15) is 24.4 Å². The van der Waals surface area contributed by atoms with Gasteiger partial charge in [0, 0.05) is 12.8 Å². The Labute approximate surface area is 504 Å². The van der Waals surface area contributed by atoms with Gasteiger partial charge in [0.15, 0.2) is 6.29 Å². The predicted molar refractivity (Wildman–Crippen MR) is 343 cm³/mol. The minimum Gasteiger partial charge on any atom is -0.466 e. The molecule has 1 aliphatic heterocycles. The summed E-state index contributed by atoms with van der Waals surface area (Å²) in [4.78, 5) is 25.1. The number of hydrogen-bond acceptors (Lipinski definition) is 10. The first-order valence-corrected chi connectivity index (χ1v) is 34.9. The van der Waals surface area contributed by atoms with E-state index in [1.165, 1.54) is 244 Å². The number of ether oxygens (including phenoxy) is 3. The van der Waals surface area contributed by atoms with Gasteiger partial charge < -0.3 is 45.1 Å². The Morgan fingerprint density at radius 2 is 0.841 bits per heavy atom. The fourth-order valence-electron chi connectivity index (χ4n) is 11.0. The summed E-state index contributed by atoms with van der Waals surface area (Å²) in [5, 5.41) is 54.2. The van der Waals surface area contributed by atoms with Gasteiger partial charge in [0.2, 0.25) is 5.91 Å². The number of aliphatic hydroxyl groups is 5. The van der Waals surface area contributed by atoms with E-state index < -0.39 is 49.5 Å². The molecule has 0 spiro atoms. The highest BCUT2D eigenvalue weighted by molar-refractivity contribution is 5.76. The van der Waals surface area contributed by atoms with Gasteiger partial charge in [0.25, 0.3) is 0 Å². The van der Waals surface area contributed by atoms with Crippen LogP contribution in [0.4, 0.5) is 0 Å². The van der Waals surface area contributed by atoms with Gasteiger partial charge in [-0.1, -0.05) is 287 Å². The van der Waals surface area contributed by atoms with E-state index in [1.807, 2.05) is 19.1 Å². The van der Waals surface area contributed by atoms with E-state index >= 15 is 0 Å². The number of carbonyl (C=O) groups excluding carboxylic acids is 2. The number of allylic oxidation sites excluding steroid dienone is 7. The Morgan fingerprint density at radius 1 is 0.463 bits per heavy atom. The van der Waals surface area contributed by atoms with Gasteiger partial charge in [-0.3, -0.25) is 9.59 Å². The first-order chi connectivity index (χ1) is 40.2. The minimum atomic E-state index is -1.58. The van der Waals surface area contributed by atoms with Gasteiger partial charge in [-0.2, -0.15) is 0 Å². The molecular weight excluding hydrogens is 1030 g/mol. The van der Waals surface area contributed by atoms with Crippen molar-refractivity contribution < 1.29 is 49.3 Å². The number of aliphatic hydroxyl groups excluding tert-OH is 5. The first-order valence-electron chi connectivity index (χ1n) is 34.9. The van der Waals surface area contributed by atoms with Crippen LogP contribution in [-0.2, 0) is 23.8 Å². The van der Waals surface area contributed by atoms with Crippen LogP contribution in [0.1, 0.15) is 328 Å². The molecule has 0 aromatic rings. The Balaban J connectivity index is 1.92. The number of unbranched alkanes of at least 4 members (excludes halogenated alkanes) is 42. The number of rotatable bonds is 61. The molecule has 1 amide bonds. The molecule has 7 atom stereocenters. The standard InChI is InChI=1S/C71H131NO10/c1-3-5-7-9-11-13-14-15-16-29-33-36-39-43-47-51-55-59-67(76)80-60-56-52-48-44-40-37-34-31-28-26-24-22-20-18-17-19-21-23-25-27-30-32-35-38-42-46-50-54-58-66(75)72-63(64(74)57-53-49-45-41-12-10-8-6-4-2)62-81-71-70(79)69(78)68(77)65(61-73)82-71/h4,6,12,17-18,41,53,57,63-65,68-71,73-74,77-79H,3,5,7-11,13-16,19-40,42-52,54-56,58-62H2,1-2H3,(H,72,75)/b6-4+,18-17-,41-12+,57-53+. The average molecular weight is 1160 g/mol. The summed E-state index contributed by atoms with van der Waals surface area (Å²) in [6, 6.07) is -0.834. The highest BCUT2D eigenvalue weighted by atomic mass is 16.7. The van der Waals surface area contributed by atoms with E-state index in [2.05, 4.69) is 42.6 Å². The van der Waals surface area contributed by atoms with E-state index in [0.717, 1.165) is 57.8 Å². The summed E-state index contributed by atoms with van der Waals surface area (Å²) in [7, 11) is 0. The highest BCUT2D eigenvalue weighted by Crippen LogP contribution is 2.23. The maximum Gasteiger partial charge on any atom is 0.305 e. The number of hydrogen-bond donors (Lipinski definition) is 6. The van der Waals surface area contributed by atoms with Crippen molar-refractivity contribution in [3.8, 4) is 0 Å². The molecule has 1 saturated heterocycles. The van der Waals surface area contributed by atoms with Crippen LogP contribution in [0.3, 0.4) is 0 Å². The normalized spacial score (nSPS) is 18.5. The molecule has 0 aromatic carbocycles. The fraction of sp³-hybridized carbons (Fsp3) is 0.859. The zero-order valence-electron chi connectivity index (χ0n) is 53.2. The molecule has 1 fully saturated rings. The first kappa shape index (κ1) is 77.6. The van der Waals surface area contributed by atoms with Crippen LogP contribution >= 0.6 is 0 Å². The number of nitrogens with one attached hydrogen (secondary N) is 1. The van der Waals surface area contributed by atoms with Gasteiger partial charge in [-0.15, -0.1) is 0 Å². The third-order valence-electron chi connectivity index (χ3n) is 16.5. The van der Waals surface area contributed by atoms with E-state index in [9.17, 15) is 35.1 Å². The predicted octanol–water partition coefficient (Wildman–Crippen LogP) is 17.6. The molecule has 0 aromatic heterocycles. The second kappa shape index (κ2) is 60.3. The smallest absolute Gasteiger partial charge is 0.305 e. The second-order valence-corrected chi connectivity index (χ2v) is 24.2. The van der Waals surface area contributed by atoms with Crippen LogP contribution in [0.5, 0.6) is 0 Å². The number of carbonyl (C=O) groups is 2. The van der Waals surface area contributed by atoms with Crippen molar-refractivity contribution >= 4 is 11.9 Å². The SMILES string of the molecule is C/C=C/CC/C=C/CC/C=C/C(O)C(COC1OC(CO)C(O)C(O)C1O)NC(=O)CCCCCCCCCCCCCC/C=C\CCCCCCCCCCCCCCOC(=O)CCCCCCCCCCCCCCCCCCC. The van der Waals surface area contributed by atoms with Gasteiger partial charge in [-0.25, -0.2) is 0 Å². The van der Waals surface area contributed by atoms with Crippen LogP contribution in [-0.4, -0.2) is 100 Å². The lowest BCUT2D eigenvalue weighted by Crippen LogP contribution is -2.60. The molecule has 82 heavy (non-hydrogen) atoms. The molecule has 11 nitrogen and oxygen atoms in total. The van der Waals surface area contributed by atoms with Crippen molar-refractivity contribution in [2.75, 3.05) is 19.8 Å². The Hall–Kier alpha value is -2.38. The maximum absolute atomic E-state index is 13.0. The molecule has 0 bridgehead atoms. The summed E-state index contributed by atoms with van der Waals surface area (Å²) in [6.45, 7) is 4.12. The molecule has 0 saturated carbocycles. The molecule has 7 unspecified atom stereocenters. The lowest BCUT2D eigenvalue weighted by Gasteiger charge is -2.40. The van der Waals surface area contributed by atoms with E-state index in [4.69, 9.17) is 14.2 Å². The number of esters is 1. The van der Waals surface area contributed by atoms with Crippen molar-refractivity contribution in [2.45, 2.75) is 371 Å². The summed E-state index contributed by atoms with van der Waals surface area (Å²) < 4.78 is 16.7. The molecule has 1 rings (SSSR count). The molecular formula is C71H131NO10. The van der Waals surface area contributed by atoms with Crippen molar-refractivity contribution in [2.24, 2.45) is 0 Å². The zero-order valence-corrected chi connectivity index (χ0v) is 53.2. The van der Waals surface area contributed by atoms with Gasteiger partial charge in [0.05, 0.1) is 32.0 Å². The third-order valence-corrected chi connectivity index (χ3v) is 16.5. The monoisotopic (exact) mass is 1160 g/mol. The molecule has 6 N–H and O–H groups in total. The van der Waals surface area contributed by atoms with E-state index in [0.29, 0.717) is 19.4 Å². The number of amides is 1. The van der Waals surface area contributed by atoms with Crippen LogP contribution in [0.2, 0.25) is 0 Å². The summed E-state index contributed by atoms with van der Waals surface area (Å²) in [6.07, 6.45) is 68.6. The maximum atomic E-state index is 13.0. The van der Waals surface area contributed by atoms with Gasteiger partial charge >= 0.3 is 5.97 Å². The molecule has 11 heteroatoms. The van der Waals surface area contributed by atoms with Crippen molar-refractivity contribution in [3.63, 3.8) is 0 Å². The lowest BCUT2D eigenvalue weighted by atomic mass is 9.99. The van der Waals surface area contributed by atoms with Crippen LogP contribution < -0.4 is 5.32 Å². The third kappa shape index (κ3) is 48.8. The molecule has 1 heterocycles. The Bertz CT molecular complexity index is 1500. The van der Waals surface area contributed by atoms with Crippen LogP contribution in [0, 0.1) is 0 Å². The van der Waals surface area contributed by atoms with Crippen molar-refractivity contribution in [1.29, 1.82) is 0 Å². The largest absolute Gasteiger partial charge is 0.466 e. The van der Waals surface area contributed by atoms with Crippen molar-refractivity contribution in [1.82, 2.24) is 5.32 Å². The Kier molecular flexibility index (Phi) is 57.1. The topological polar surface area (TPSA) is 175 Å². The molecule has 0 aliphatic carbocycles.